The molecule has 7 heteroatoms. The molecule has 1 saturated carbocycles. The molecule has 1 heterocycles. The minimum Gasteiger partial charge on any atom is -0.463 e. The fourth-order valence-corrected chi connectivity index (χ4v) is 3.67. The Bertz CT molecular complexity index is 550. The lowest BCUT2D eigenvalue weighted by Gasteiger charge is -2.21. The standard InChI is InChI=1S/C21H38N4O3/c1-3-5-12-24(13-6-4-2)14-19-15-25(23-22-19)16-20(26)17-28-21(27)18-10-8-7-9-11-18/h15,18,20,26H,3-14,16-17H2,1-2H3. The minimum atomic E-state index is -0.765. The lowest BCUT2D eigenvalue weighted by Crippen LogP contribution is -2.27. The van der Waals surface area contributed by atoms with Gasteiger partial charge in [0.25, 0.3) is 0 Å². The van der Waals surface area contributed by atoms with E-state index in [0.29, 0.717) is 0 Å². The van der Waals surface area contributed by atoms with Gasteiger partial charge in [0, 0.05) is 12.7 Å². The molecular formula is C21H38N4O3. The molecule has 0 bridgehead atoms. The molecule has 1 aliphatic rings. The summed E-state index contributed by atoms with van der Waals surface area (Å²) < 4.78 is 6.96. The van der Waals surface area contributed by atoms with Crippen LogP contribution in [0.25, 0.3) is 0 Å². The Morgan fingerprint density at radius 1 is 1.25 bits per heavy atom. The molecule has 0 spiro atoms. The number of aliphatic hydroxyl groups is 1. The van der Waals surface area contributed by atoms with Crippen molar-refractivity contribution in [3.05, 3.63) is 11.9 Å². The van der Waals surface area contributed by atoms with Crippen molar-refractivity contribution in [2.75, 3.05) is 19.7 Å². The fraction of sp³-hybridized carbons (Fsp3) is 0.857. The first-order valence-electron chi connectivity index (χ1n) is 11.1. The van der Waals surface area contributed by atoms with Gasteiger partial charge >= 0.3 is 5.97 Å². The van der Waals surface area contributed by atoms with Gasteiger partial charge in [0.1, 0.15) is 12.7 Å². The Hall–Kier alpha value is -1.47. The van der Waals surface area contributed by atoms with E-state index in [4.69, 9.17) is 4.74 Å². The van der Waals surface area contributed by atoms with E-state index in [9.17, 15) is 9.90 Å². The van der Waals surface area contributed by atoms with Crippen molar-refractivity contribution in [2.24, 2.45) is 5.92 Å². The largest absolute Gasteiger partial charge is 0.463 e. The molecule has 28 heavy (non-hydrogen) atoms. The number of hydrogen-bond donors (Lipinski definition) is 1. The maximum Gasteiger partial charge on any atom is 0.309 e. The molecule has 1 aromatic rings. The van der Waals surface area contributed by atoms with Gasteiger partial charge in [-0.05, 0) is 38.8 Å². The summed E-state index contributed by atoms with van der Waals surface area (Å²) in [6.07, 6.45) is 11.1. The van der Waals surface area contributed by atoms with Crippen molar-refractivity contribution in [3.63, 3.8) is 0 Å². The van der Waals surface area contributed by atoms with E-state index in [1.54, 1.807) is 4.68 Å². The first-order chi connectivity index (χ1) is 13.6. The number of aromatic nitrogens is 3. The van der Waals surface area contributed by atoms with E-state index in [1.807, 2.05) is 6.20 Å². The zero-order valence-electron chi connectivity index (χ0n) is 17.7. The highest BCUT2D eigenvalue weighted by Crippen LogP contribution is 2.24. The fourth-order valence-electron chi connectivity index (χ4n) is 3.67. The summed E-state index contributed by atoms with van der Waals surface area (Å²) in [6, 6.07) is 0. The van der Waals surface area contributed by atoms with Gasteiger partial charge in [-0.15, -0.1) is 5.10 Å². The van der Waals surface area contributed by atoms with Crippen LogP contribution < -0.4 is 0 Å². The van der Waals surface area contributed by atoms with E-state index >= 15 is 0 Å². The van der Waals surface area contributed by atoms with Crippen LogP contribution in [0.4, 0.5) is 0 Å². The van der Waals surface area contributed by atoms with Gasteiger partial charge in [0.15, 0.2) is 0 Å². The minimum absolute atomic E-state index is 0.0103. The molecule has 1 aliphatic carbocycles. The Morgan fingerprint density at radius 3 is 2.57 bits per heavy atom. The SMILES string of the molecule is CCCCN(CCCC)Cc1cn(CC(O)COC(=O)C2CCCCC2)nn1. The third-order valence-electron chi connectivity index (χ3n) is 5.38. The molecule has 1 unspecified atom stereocenters. The highest BCUT2D eigenvalue weighted by atomic mass is 16.5. The molecule has 160 valence electrons. The molecule has 1 fully saturated rings. The predicted molar refractivity (Wildman–Crippen MR) is 109 cm³/mol. The molecule has 1 N–H and O–H groups in total. The number of rotatable bonds is 13. The van der Waals surface area contributed by atoms with E-state index in [1.165, 1.54) is 32.1 Å². The average molecular weight is 395 g/mol. The highest BCUT2D eigenvalue weighted by Gasteiger charge is 2.23. The van der Waals surface area contributed by atoms with Gasteiger partial charge in [-0.2, -0.15) is 0 Å². The van der Waals surface area contributed by atoms with Gasteiger partial charge in [0.2, 0.25) is 0 Å². The summed E-state index contributed by atoms with van der Waals surface area (Å²) in [7, 11) is 0. The summed E-state index contributed by atoms with van der Waals surface area (Å²) >= 11 is 0. The van der Waals surface area contributed by atoms with Gasteiger partial charge in [-0.3, -0.25) is 9.69 Å². The van der Waals surface area contributed by atoms with Crippen LogP contribution >= 0.6 is 0 Å². The van der Waals surface area contributed by atoms with Crippen LogP contribution in [-0.2, 0) is 22.6 Å². The summed E-state index contributed by atoms with van der Waals surface area (Å²) in [5, 5.41) is 18.6. The molecule has 0 aliphatic heterocycles. The van der Waals surface area contributed by atoms with Crippen LogP contribution in [-0.4, -0.2) is 56.8 Å². The van der Waals surface area contributed by atoms with Crippen molar-refractivity contribution in [1.29, 1.82) is 0 Å². The lowest BCUT2D eigenvalue weighted by molar-refractivity contribution is -0.152. The van der Waals surface area contributed by atoms with Crippen molar-refractivity contribution in [2.45, 2.75) is 90.8 Å². The molecule has 1 aromatic heterocycles. The van der Waals surface area contributed by atoms with Crippen molar-refractivity contribution in [3.8, 4) is 0 Å². The second-order valence-corrected chi connectivity index (χ2v) is 8.03. The van der Waals surface area contributed by atoms with Crippen LogP contribution in [0.1, 0.15) is 77.3 Å². The zero-order chi connectivity index (χ0) is 20.2. The van der Waals surface area contributed by atoms with Gasteiger partial charge in [0.05, 0.1) is 18.2 Å². The third-order valence-corrected chi connectivity index (χ3v) is 5.38. The van der Waals surface area contributed by atoms with Gasteiger partial charge in [-0.25, -0.2) is 4.68 Å². The number of unbranched alkanes of at least 4 members (excludes halogenated alkanes) is 2. The molecule has 0 saturated heterocycles. The Balaban J connectivity index is 1.74. The number of nitrogens with zero attached hydrogens (tertiary/aromatic N) is 4. The molecular weight excluding hydrogens is 356 g/mol. The van der Waals surface area contributed by atoms with Crippen LogP contribution in [0.5, 0.6) is 0 Å². The molecule has 0 aromatic carbocycles. The van der Waals surface area contributed by atoms with Crippen molar-refractivity contribution in [1.82, 2.24) is 19.9 Å². The summed E-state index contributed by atoms with van der Waals surface area (Å²) in [5.74, 6) is -0.156. The van der Waals surface area contributed by atoms with Crippen LogP contribution in [0, 0.1) is 5.92 Å². The summed E-state index contributed by atoms with van der Waals surface area (Å²) in [5.41, 5.74) is 0.915. The highest BCUT2D eigenvalue weighted by molar-refractivity contribution is 5.72. The van der Waals surface area contributed by atoms with Gasteiger partial charge in [-0.1, -0.05) is 51.2 Å². The van der Waals surface area contributed by atoms with Crippen LogP contribution in [0.2, 0.25) is 0 Å². The second-order valence-electron chi connectivity index (χ2n) is 8.03. The van der Waals surface area contributed by atoms with E-state index in [-0.39, 0.29) is 25.0 Å². The first kappa shape index (κ1) is 22.8. The Kier molecular flexibility index (Phi) is 10.5. The maximum atomic E-state index is 12.1. The Labute approximate surface area is 169 Å². The summed E-state index contributed by atoms with van der Waals surface area (Å²) in [4.78, 5) is 14.5. The number of aliphatic hydroxyl groups excluding tert-OH is 1. The molecule has 7 nitrogen and oxygen atoms in total. The van der Waals surface area contributed by atoms with Gasteiger partial charge < -0.3 is 9.84 Å². The molecule has 0 radical (unpaired) electrons. The topological polar surface area (TPSA) is 80.5 Å². The van der Waals surface area contributed by atoms with E-state index in [2.05, 4.69) is 29.1 Å². The van der Waals surface area contributed by atoms with E-state index < -0.39 is 6.10 Å². The maximum absolute atomic E-state index is 12.1. The molecule has 0 amide bonds. The second kappa shape index (κ2) is 12.9. The number of hydrogen-bond acceptors (Lipinski definition) is 6. The molecule has 2 rings (SSSR count). The van der Waals surface area contributed by atoms with E-state index in [0.717, 1.165) is 51.0 Å². The van der Waals surface area contributed by atoms with Crippen molar-refractivity contribution < 1.29 is 14.6 Å². The summed E-state index contributed by atoms with van der Waals surface area (Å²) in [6.45, 7) is 7.64. The number of carbonyl (C=O) groups excluding carboxylic acids is 1. The normalized spacial score (nSPS) is 16.4. The quantitative estimate of drug-likeness (QED) is 0.518. The van der Waals surface area contributed by atoms with Crippen molar-refractivity contribution >= 4 is 5.97 Å². The smallest absolute Gasteiger partial charge is 0.309 e. The Morgan fingerprint density at radius 2 is 1.93 bits per heavy atom. The first-order valence-corrected chi connectivity index (χ1v) is 11.1. The number of ether oxygens (including phenoxy) is 1. The monoisotopic (exact) mass is 394 g/mol. The zero-order valence-corrected chi connectivity index (χ0v) is 17.7. The number of esters is 1. The third kappa shape index (κ3) is 8.27. The molecule has 1 atom stereocenters. The number of carbonyl (C=O) groups is 1. The predicted octanol–water partition coefficient (Wildman–Crippen LogP) is 3.16. The lowest BCUT2D eigenvalue weighted by atomic mass is 9.89. The average Bonchev–Trinajstić information content (AvgIpc) is 3.15. The van der Waals surface area contributed by atoms with Crippen LogP contribution in [0.15, 0.2) is 6.20 Å². The van der Waals surface area contributed by atoms with Crippen LogP contribution in [0.3, 0.4) is 0 Å².